The quantitative estimate of drug-likeness (QED) is 0.525. The summed E-state index contributed by atoms with van der Waals surface area (Å²) in [4.78, 5) is 4.27. The Morgan fingerprint density at radius 1 is 1.00 bits per heavy atom. The van der Waals surface area contributed by atoms with Crippen molar-refractivity contribution in [3.63, 3.8) is 0 Å². The van der Waals surface area contributed by atoms with E-state index in [1.165, 1.54) is 24.3 Å². The molecular formula is C19H13ClF3NO. The van der Waals surface area contributed by atoms with E-state index in [0.29, 0.717) is 16.8 Å². The molecule has 0 aliphatic rings. The molecule has 0 bridgehead atoms. The Labute approximate surface area is 147 Å². The molecule has 0 aliphatic carbocycles. The average Bonchev–Trinajstić information content (AvgIpc) is 2.59. The van der Waals surface area contributed by atoms with E-state index in [0.717, 1.165) is 11.5 Å². The molecule has 0 N–H and O–H groups in total. The van der Waals surface area contributed by atoms with Crippen molar-refractivity contribution in [2.45, 2.75) is 6.18 Å². The lowest BCUT2D eigenvalue weighted by molar-refractivity contribution is -0.137. The summed E-state index contributed by atoms with van der Waals surface area (Å²) in [5, 5.41) is 1.01. The van der Waals surface area contributed by atoms with Gasteiger partial charge in [-0.1, -0.05) is 42.0 Å². The van der Waals surface area contributed by atoms with Gasteiger partial charge in [-0.05, 0) is 35.9 Å². The molecule has 0 saturated carbocycles. The summed E-state index contributed by atoms with van der Waals surface area (Å²) in [5.41, 5.74) is 0.577. The first-order chi connectivity index (χ1) is 11.9. The molecule has 1 heterocycles. The molecule has 3 aromatic rings. The first kappa shape index (κ1) is 17.3. The first-order valence-electron chi connectivity index (χ1n) is 7.37. The Morgan fingerprint density at radius 2 is 1.72 bits per heavy atom. The van der Waals surface area contributed by atoms with Gasteiger partial charge in [-0.25, -0.2) is 4.98 Å². The topological polar surface area (TPSA) is 22.1 Å². The van der Waals surface area contributed by atoms with E-state index in [2.05, 4.69) is 4.98 Å². The lowest BCUT2D eigenvalue weighted by Crippen LogP contribution is -2.06. The third-order valence-corrected chi connectivity index (χ3v) is 4.01. The fourth-order valence-corrected chi connectivity index (χ4v) is 2.68. The molecule has 0 amide bonds. The molecular weight excluding hydrogens is 351 g/mol. The zero-order valence-corrected chi connectivity index (χ0v) is 13.9. The molecule has 0 saturated heterocycles. The van der Waals surface area contributed by atoms with Crippen LogP contribution in [0.25, 0.3) is 23.1 Å². The van der Waals surface area contributed by atoms with Crippen LogP contribution in [0.1, 0.15) is 16.7 Å². The highest BCUT2D eigenvalue weighted by Crippen LogP contribution is 2.33. The first-order valence-corrected chi connectivity index (χ1v) is 7.75. The van der Waals surface area contributed by atoms with Gasteiger partial charge in [-0.15, -0.1) is 0 Å². The Hall–Kier alpha value is -2.53. The van der Waals surface area contributed by atoms with Gasteiger partial charge >= 0.3 is 6.18 Å². The highest BCUT2D eigenvalue weighted by atomic mass is 35.5. The molecule has 0 fully saturated rings. The molecule has 6 heteroatoms. The van der Waals surface area contributed by atoms with Crippen molar-refractivity contribution in [3.8, 4) is 5.75 Å². The zero-order valence-electron chi connectivity index (χ0n) is 13.1. The second kappa shape index (κ2) is 6.76. The zero-order chi connectivity index (χ0) is 18.0. The summed E-state index contributed by atoms with van der Waals surface area (Å²) < 4.78 is 44.3. The normalized spacial score (nSPS) is 12.0. The maximum Gasteiger partial charge on any atom is 0.416 e. The number of benzene rings is 2. The molecule has 25 heavy (non-hydrogen) atoms. The average molecular weight is 364 g/mol. The second-order valence-corrected chi connectivity index (χ2v) is 5.70. The number of aromatic nitrogens is 1. The van der Waals surface area contributed by atoms with E-state index >= 15 is 0 Å². The minimum Gasteiger partial charge on any atom is -0.497 e. The van der Waals surface area contributed by atoms with Crippen molar-refractivity contribution in [1.82, 2.24) is 4.98 Å². The van der Waals surface area contributed by atoms with Crippen LogP contribution in [0.4, 0.5) is 13.2 Å². The van der Waals surface area contributed by atoms with Gasteiger partial charge in [0.25, 0.3) is 0 Å². The van der Waals surface area contributed by atoms with Crippen molar-refractivity contribution >= 4 is 34.7 Å². The van der Waals surface area contributed by atoms with Gasteiger partial charge in [-0.3, -0.25) is 0 Å². The Bertz CT molecular complexity index is 951. The number of pyridine rings is 1. The number of alkyl halides is 3. The molecule has 128 valence electrons. The smallest absolute Gasteiger partial charge is 0.416 e. The van der Waals surface area contributed by atoms with Crippen molar-refractivity contribution in [3.05, 3.63) is 70.4 Å². The van der Waals surface area contributed by atoms with Crippen LogP contribution in [0, 0.1) is 0 Å². The van der Waals surface area contributed by atoms with Crippen molar-refractivity contribution < 1.29 is 17.9 Å². The summed E-state index contributed by atoms with van der Waals surface area (Å²) in [6.45, 7) is 0. The number of rotatable bonds is 3. The molecule has 0 aliphatic heterocycles. The van der Waals surface area contributed by atoms with Crippen LogP contribution in [-0.2, 0) is 6.18 Å². The van der Waals surface area contributed by atoms with Crippen LogP contribution >= 0.6 is 11.6 Å². The number of ether oxygens (including phenoxy) is 1. The summed E-state index contributed by atoms with van der Waals surface area (Å²) in [6.07, 6.45) is -1.50. The number of hydrogen-bond donors (Lipinski definition) is 0. The summed E-state index contributed by atoms with van der Waals surface area (Å²) in [5.74, 6) is 0.661. The third-order valence-electron chi connectivity index (χ3n) is 3.71. The van der Waals surface area contributed by atoms with Crippen LogP contribution in [0.2, 0.25) is 5.15 Å². The third kappa shape index (κ3) is 3.77. The molecule has 1 aromatic heterocycles. The predicted octanol–water partition coefficient (Wildman–Crippen LogP) is 6.09. The standard InChI is InChI=1S/C19H13ClF3NO/c1-25-15-8-9-17-14(11-15)10-13(18(20)24-17)7-6-12-4-2-3-5-16(12)19(21,22)23/h2-11H,1H3/b7-6-. The van der Waals surface area contributed by atoms with Gasteiger partial charge in [0.05, 0.1) is 18.2 Å². The van der Waals surface area contributed by atoms with Crippen LogP contribution in [0.3, 0.4) is 0 Å². The van der Waals surface area contributed by atoms with Crippen molar-refractivity contribution in [2.24, 2.45) is 0 Å². The van der Waals surface area contributed by atoms with E-state index in [1.54, 1.807) is 37.4 Å². The Balaban J connectivity index is 2.03. The highest BCUT2D eigenvalue weighted by Gasteiger charge is 2.32. The van der Waals surface area contributed by atoms with Crippen LogP contribution in [-0.4, -0.2) is 12.1 Å². The van der Waals surface area contributed by atoms with E-state index < -0.39 is 11.7 Å². The summed E-state index contributed by atoms with van der Waals surface area (Å²) in [6, 6.07) is 12.5. The molecule has 0 atom stereocenters. The maximum absolute atomic E-state index is 13.1. The fourth-order valence-electron chi connectivity index (χ4n) is 2.47. The summed E-state index contributed by atoms with van der Waals surface area (Å²) >= 11 is 6.16. The molecule has 2 nitrogen and oxygen atoms in total. The minimum absolute atomic E-state index is 0.0665. The monoisotopic (exact) mass is 363 g/mol. The molecule has 0 radical (unpaired) electrons. The predicted molar refractivity (Wildman–Crippen MR) is 93.7 cm³/mol. The van der Waals surface area contributed by atoms with Crippen molar-refractivity contribution in [1.29, 1.82) is 0 Å². The van der Waals surface area contributed by atoms with Gasteiger partial charge in [0.1, 0.15) is 10.9 Å². The number of nitrogens with zero attached hydrogens (tertiary/aromatic N) is 1. The molecule has 2 aromatic carbocycles. The second-order valence-electron chi connectivity index (χ2n) is 5.35. The van der Waals surface area contributed by atoms with E-state index in [-0.39, 0.29) is 10.7 Å². The van der Waals surface area contributed by atoms with Gasteiger partial charge in [-0.2, -0.15) is 13.2 Å². The SMILES string of the molecule is COc1ccc2nc(Cl)c(/C=C\c3ccccc3C(F)(F)F)cc2c1. The molecule has 3 rings (SSSR count). The van der Waals surface area contributed by atoms with Crippen LogP contribution in [0.15, 0.2) is 48.5 Å². The number of halogens is 4. The largest absolute Gasteiger partial charge is 0.497 e. The lowest BCUT2D eigenvalue weighted by atomic mass is 10.1. The van der Waals surface area contributed by atoms with Gasteiger partial charge in [0, 0.05) is 10.9 Å². The van der Waals surface area contributed by atoms with Gasteiger partial charge in [0.15, 0.2) is 0 Å². The Morgan fingerprint density at radius 3 is 2.44 bits per heavy atom. The van der Waals surface area contributed by atoms with Gasteiger partial charge in [0.2, 0.25) is 0 Å². The summed E-state index contributed by atoms with van der Waals surface area (Å²) in [7, 11) is 1.55. The van der Waals surface area contributed by atoms with Crippen LogP contribution in [0.5, 0.6) is 5.75 Å². The van der Waals surface area contributed by atoms with E-state index in [9.17, 15) is 13.2 Å². The lowest BCUT2D eigenvalue weighted by Gasteiger charge is -2.10. The molecule has 0 spiro atoms. The fraction of sp³-hybridized carbons (Fsp3) is 0.105. The Kier molecular flexibility index (Phi) is 4.68. The number of hydrogen-bond acceptors (Lipinski definition) is 2. The minimum atomic E-state index is -4.42. The number of fused-ring (bicyclic) bond motifs is 1. The van der Waals surface area contributed by atoms with E-state index in [4.69, 9.17) is 16.3 Å². The highest BCUT2D eigenvalue weighted by molar-refractivity contribution is 6.31. The van der Waals surface area contributed by atoms with Gasteiger partial charge < -0.3 is 4.74 Å². The number of methoxy groups -OCH3 is 1. The van der Waals surface area contributed by atoms with Crippen LogP contribution < -0.4 is 4.74 Å². The van der Waals surface area contributed by atoms with Crippen molar-refractivity contribution in [2.75, 3.05) is 7.11 Å². The maximum atomic E-state index is 13.1. The molecule has 0 unspecified atom stereocenters. The van der Waals surface area contributed by atoms with E-state index in [1.807, 2.05) is 0 Å².